The van der Waals surface area contributed by atoms with Crippen molar-refractivity contribution in [3.05, 3.63) is 64.0 Å². The zero-order valence-corrected chi connectivity index (χ0v) is 24.7. The van der Waals surface area contributed by atoms with E-state index in [1.165, 1.54) is 22.5 Å². The Hall–Kier alpha value is -3.54. The van der Waals surface area contributed by atoms with E-state index in [0.29, 0.717) is 23.4 Å². The van der Waals surface area contributed by atoms with Gasteiger partial charge in [-0.1, -0.05) is 44.2 Å². The standard InChI is InChI=1S/C30H36N8O2S/c1-30(2,3)28-36-35-27(41-28)26(40)12-18-8-10-38(22-13-23(39)14-22)16-20-11-19(5-6-24(18)20)25-7-9-31-29(34-25)33-21-15-32-37(4)17-21/h5-7,9,11,15,17-18,22-23,39H,8,10,12-14,16H2,1-4H3,(H,31,33,34). The third-order valence-corrected chi connectivity index (χ3v) is 9.37. The fourth-order valence-electron chi connectivity index (χ4n) is 5.60. The van der Waals surface area contributed by atoms with Crippen LogP contribution in [0.2, 0.25) is 0 Å². The van der Waals surface area contributed by atoms with Crippen LogP contribution in [0, 0.1) is 0 Å². The van der Waals surface area contributed by atoms with Crippen molar-refractivity contribution in [2.45, 2.75) is 76.5 Å². The zero-order valence-electron chi connectivity index (χ0n) is 23.9. The van der Waals surface area contributed by atoms with Gasteiger partial charge in [0.1, 0.15) is 5.01 Å². The molecular weight excluding hydrogens is 536 g/mol. The Morgan fingerprint density at radius 3 is 2.73 bits per heavy atom. The molecule has 0 spiro atoms. The van der Waals surface area contributed by atoms with Crippen molar-refractivity contribution in [2.75, 3.05) is 11.9 Å². The second-order valence-electron chi connectivity index (χ2n) is 12.2. The number of anilines is 2. The number of fused-ring (bicyclic) bond motifs is 1. The predicted molar refractivity (Wildman–Crippen MR) is 158 cm³/mol. The normalized spacial score (nSPS) is 21.1. The molecule has 0 amide bonds. The number of carbonyl (C=O) groups is 1. The lowest BCUT2D eigenvalue weighted by Gasteiger charge is -2.40. The van der Waals surface area contributed by atoms with Crippen LogP contribution in [-0.4, -0.2) is 64.4 Å². The largest absolute Gasteiger partial charge is 0.393 e. The first-order chi connectivity index (χ1) is 19.6. The second kappa shape index (κ2) is 11.0. The van der Waals surface area contributed by atoms with Crippen LogP contribution in [0.3, 0.4) is 0 Å². The summed E-state index contributed by atoms with van der Waals surface area (Å²) in [6, 6.07) is 8.74. The molecule has 1 aliphatic heterocycles. The molecule has 4 aromatic rings. The van der Waals surface area contributed by atoms with E-state index in [-0.39, 0.29) is 23.2 Å². The Balaban J connectivity index is 1.28. The van der Waals surface area contributed by atoms with Crippen molar-refractivity contribution < 1.29 is 9.90 Å². The van der Waals surface area contributed by atoms with Gasteiger partial charge in [0.2, 0.25) is 5.95 Å². The number of rotatable bonds is 7. The molecular formula is C30H36N8O2S. The Morgan fingerprint density at radius 2 is 2.02 bits per heavy atom. The van der Waals surface area contributed by atoms with Gasteiger partial charge in [0.05, 0.1) is 23.7 Å². The van der Waals surface area contributed by atoms with Gasteiger partial charge in [-0.05, 0) is 55.0 Å². The summed E-state index contributed by atoms with van der Waals surface area (Å²) in [4.78, 5) is 25.0. The molecule has 0 radical (unpaired) electrons. The first-order valence-electron chi connectivity index (χ1n) is 14.1. The molecule has 1 atom stereocenters. The van der Waals surface area contributed by atoms with Gasteiger partial charge in [-0.25, -0.2) is 9.97 Å². The number of aryl methyl sites for hydroxylation is 1. The molecule has 3 aromatic heterocycles. The Morgan fingerprint density at radius 1 is 1.20 bits per heavy atom. The van der Waals surface area contributed by atoms with Crippen LogP contribution in [0.4, 0.5) is 11.6 Å². The molecule has 4 heterocycles. The second-order valence-corrected chi connectivity index (χ2v) is 13.2. The van der Waals surface area contributed by atoms with Crippen LogP contribution >= 0.6 is 11.3 Å². The molecule has 41 heavy (non-hydrogen) atoms. The van der Waals surface area contributed by atoms with E-state index in [9.17, 15) is 9.90 Å². The fourth-order valence-corrected chi connectivity index (χ4v) is 6.45. The molecule has 11 heteroatoms. The number of aromatic nitrogens is 6. The van der Waals surface area contributed by atoms with Crippen LogP contribution in [0.1, 0.15) is 78.3 Å². The van der Waals surface area contributed by atoms with Crippen molar-refractivity contribution in [3.63, 3.8) is 0 Å². The van der Waals surface area contributed by atoms with Gasteiger partial charge in [-0.3, -0.25) is 14.4 Å². The summed E-state index contributed by atoms with van der Waals surface area (Å²) in [7, 11) is 1.86. The van der Waals surface area contributed by atoms with Crippen LogP contribution in [-0.2, 0) is 19.0 Å². The van der Waals surface area contributed by atoms with Crippen molar-refractivity contribution in [1.29, 1.82) is 0 Å². The maximum atomic E-state index is 13.4. The molecule has 0 bridgehead atoms. The number of hydrogen-bond acceptors (Lipinski definition) is 10. The van der Waals surface area contributed by atoms with Gasteiger partial charge in [0, 0.05) is 49.4 Å². The first-order valence-corrected chi connectivity index (χ1v) is 15.0. The highest BCUT2D eigenvalue weighted by Gasteiger charge is 2.35. The highest BCUT2D eigenvalue weighted by atomic mass is 32.1. The number of nitrogens with one attached hydrogen (secondary N) is 1. The molecule has 2 N–H and O–H groups in total. The number of hydrogen-bond donors (Lipinski definition) is 2. The van der Waals surface area contributed by atoms with E-state index in [4.69, 9.17) is 4.98 Å². The van der Waals surface area contributed by atoms with Gasteiger partial charge in [0.15, 0.2) is 10.8 Å². The highest BCUT2D eigenvalue weighted by Crippen LogP contribution is 2.38. The quantitative estimate of drug-likeness (QED) is 0.299. The van der Waals surface area contributed by atoms with Crippen LogP contribution in [0.15, 0.2) is 42.9 Å². The minimum absolute atomic E-state index is 0.0486. The molecule has 1 aromatic carbocycles. The smallest absolute Gasteiger partial charge is 0.227 e. The molecule has 214 valence electrons. The molecule has 1 aliphatic carbocycles. The summed E-state index contributed by atoms with van der Waals surface area (Å²) < 4.78 is 1.72. The number of Topliss-reactive ketones (excluding diaryl/α,β-unsaturated/α-hetero) is 1. The maximum Gasteiger partial charge on any atom is 0.227 e. The summed E-state index contributed by atoms with van der Waals surface area (Å²) in [5.74, 6) is 0.634. The topological polar surface area (TPSA) is 122 Å². The van der Waals surface area contributed by atoms with E-state index in [2.05, 4.69) is 69.5 Å². The summed E-state index contributed by atoms with van der Waals surface area (Å²) in [5.41, 5.74) is 4.91. The number of carbonyl (C=O) groups excluding carboxylic acids is 1. The van der Waals surface area contributed by atoms with E-state index in [0.717, 1.165) is 54.3 Å². The lowest BCUT2D eigenvalue weighted by molar-refractivity contribution is -0.00184. The van der Waals surface area contributed by atoms with Crippen LogP contribution in [0.25, 0.3) is 11.3 Å². The molecule has 2 aliphatic rings. The number of aliphatic hydroxyl groups excluding tert-OH is 1. The van der Waals surface area contributed by atoms with Crippen molar-refractivity contribution in [1.82, 2.24) is 34.8 Å². The summed E-state index contributed by atoms with van der Waals surface area (Å²) in [6.45, 7) is 7.92. The molecule has 10 nitrogen and oxygen atoms in total. The average molecular weight is 573 g/mol. The Kier molecular flexibility index (Phi) is 7.43. The molecule has 6 rings (SSSR count). The number of benzene rings is 1. The average Bonchev–Trinajstić information content (AvgIpc) is 3.54. The fraction of sp³-hybridized carbons (Fsp3) is 0.467. The Bertz CT molecular complexity index is 1550. The molecule has 1 fully saturated rings. The summed E-state index contributed by atoms with van der Waals surface area (Å²) in [6.07, 6.45) is 8.02. The summed E-state index contributed by atoms with van der Waals surface area (Å²) in [5, 5.41) is 27.3. The third kappa shape index (κ3) is 6.07. The van der Waals surface area contributed by atoms with Gasteiger partial charge in [-0.2, -0.15) is 5.10 Å². The van der Waals surface area contributed by atoms with E-state index in [1.807, 2.05) is 19.3 Å². The predicted octanol–water partition coefficient (Wildman–Crippen LogP) is 4.86. The maximum absolute atomic E-state index is 13.4. The minimum Gasteiger partial charge on any atom is -0.393 e. The molecule has 1 saturated carbocycles. The van der Waals surface area contributed by atoms with Crippen LogP contribution in [0.5, 0.6) is 0 Å². The number of ketones is 1. The Labute approximate surface area is 243 Å². The van der Waals surface area contributed by atoms with Crippen molar-refractivity contribution >= 4 is 28.8 Å². The lowest BCUT2D eigenvalue weighted by Crippen LogP contribution is -2.46. The number of aliphatic hydroxyl groups is 1. The van der Waals surface area contributed by atoms with Gasteiger partial charge in [-0.15, -0.1) is 10.2 Å². The van der Waals surface area contributed by atoms with E-state index in [1.54, 1.807) is 17.1 Å². The SMILES string of the molecule is Cn1cc(Nc2nccc(-c3ccc4c(c3)CN(C3CC(O)C3)CCC4CC(=O)c3nnc(C(C)(C)C)s3)n2)cn1. The minimum atomic E-state index is -0.215. The molecule has 1 unspecified atom stereocenters. The van der Waals surface area contributed by atoms with E-state index < -0.39 is 0 Å². The summed E-state index contributed by atoms with van der Waals surface area (Å²) >= 11 is 1.41. The van der Waals surface area contributed by atoms with Gasteiger partial charge < -0.3 is 10.4 Å². The van der Waals surface area contributed by atoms with Crippen LogP contribution < -0.4 is 5.32 Å². The highest BCUT2D eigenvalue weighted by molar-refractivity contribution is 7.13. The molecule has 0 saturated heterocycles. The monoisotopic (exact) mass is 572 g/mol. The third-order valence-electron chi connectivity index (χ3n) is 7.97. The first kappa shape index (κ1) is 27.6. The zero-order chi connectivity index (χ0) is 28.7. The lowest BCUT2D eigenvalue weighted by atomic mass is 9.87. The van der Waals surface area contributed by atoms with Crippen molar-refractivity contribution in [3.8, 4) is 11.3 Å². The van der Waals surface area contributed by atoms with Crippen molar-refractivity contribution in [2.24, 2.45) is 7.05 Å². The number of nitrogens with zero attached hydrogens (tertiary/aromatic N) is 7. The van der Waals surface area contributed by atoms with Gasteiger partial charge in [0.25, 0.3) is 0 Å². The van der Waals surface area contributed by atoms with E-state index >= 15 is 0 Å². The van der Waals surface area contributed by atoms with Gasteiger partial charge >= 0.3 is 0 Å².